The number of amides is 1. The first-order chi connectivity index (χ1) is 14.2. The summed E-state index contributed by atoms with van der Waals surface area (Å²) >= 11 is 0. The fourth-order valence-electron chi connectivity index (χ4n) is 3.80. The predicted molar refractivity (Wildman–Crippen MR) is 115 cm³/mol. The molecular formula is C25H25NO3. The predicted octanol–water partition coefficient (Wildman–Crippen LogP) is 4.97. The number of ether oxygens (including phenoxy) is 2. The molecule has 3 aromatic rings. The Labute approximate surface area is 171 Å². The molecule has 0 aliphatic heterocycles. The van der Waals surface area contributed by atoms with Crippen molar-refractivity contribution in [2.75, 3.05) is 19.1 Å². The Morgan fingerprint density at radius 1 is 0.862 bits per heavy atom. The summed E-state index contributed by atoms with van der Waals surface area (Å²) in [6.45, 7) is 0.540. The second-order valence-corrected chi connectivity index (χ2v) is 7.36. The Bertz CT molecular complexity index is 981. The number of benzene rings is 3. The first-order valence-corrected chi connectivity index (χ1v) is 9.81. The van der Waals surface area contributed by atoms with Gasteiger partial charge in [-0.1, -0.05) is 54.6 Å². The van der Waals surface area contributed by atoms with Gasteiger partial charge in [0.15, 0.2) is 11.5 Å². The largest absolute Gasteiger partial charge is 0.493 e. The quantitative estimate of drug-likeness (QED) is 0.575. The van der Waals surface area contributed by atoms with E-state index >= 15 is 0 Å². The molecule has 1 aliphatic rings. The summed E-state index contributed by atoms with van der Waals surface area (Å²) in [5.74, 6) is 1.45. The molecule has 4 rings (SSSR count). The van der Waals surface area contributed by atoms with Crippen LogP contribution in [-0.4, -0.2) is 20.1 Å². The maximum atomic E-state index is 13.8. The number of para-hydroxylation sites is 1. The molecule has 4 nitrogen and oxygen atoms in total. The van der Waals surface area contributed by atoms with Gasteiger partial charge in [0.1, 0.15) is 0 Å². The zero-order chi connectivity index (χ0) is 20.3. The van der Waals surface area contributed by atoms with Crippen molar-refractivity contribution in [1.82, 2.24) is 0 Å². The fraction of sp³-hybridized carbons (Fsp3) is 0.240. The Balaban J connectivity index is 1.70. The summed E-state index contributed by atoms with van der Waals surface area (Å²) in [7, 11) is 3.24. The lowest BCUT2D eigenvalue weighted by Gasteiger charge is -2.28. The number of carbonyl (C=O) groups is 1. The average molecular weight is 387 g/mol. The van der Waals surface area contributed by atoms with E-state index in [0.717, 1.165) is 29.7 Å². The molecule has 0 aromatic heterocycles. The van der Waals surface area contributed by atoms with Crippen LogP contribution in [0.2, 0.25) is 0 Å². The molecule has 3 aromatic carbocycles. The average Bonchev–Trinajstić information content (AvgIpc) is 3.60. The highest BCUT2D eigenvalue weighted by molar-refractivity contribution is 6.03. The molecule has 148 valence electrons. The molecular weight excluding hydrogens is 362 g/mol. The van der Waals surface area contributed by atoms with Gasteiger partial charge < -0.3 is 14.4 Å². The fourth-order valence-corrected chi connectivity index (χ4v) is 3.80. The van der Waals surface area contributed by atoms with Crippen molar-refractivity contribution in [1.29, 1.82) is 0 Å². The maximum Gasteiger partial charge on any atom is 0.237 e. The van der Waals surface area contributed by atoms with Crippen LogP contribution in [0.5, 0.6) is 11.5 Å². The molecule has 0 bridgehead atoms. The van der Waals surface area contributed by atoms with Crippen LogP contribution in [0, 0.1) is 0 Å². The second kappa shape index (κ2) is 8.00. The highest BCUT2D eigenvalue weighted by Crippen LogP contribution is 2.51. The summed E-state index contributed by atoms with van der Waals surface area (Å²) in [5, 5.41) is 0. The van der Waals surface area contributed by atoms with E-state index in [2.05, 4.69) is 12.1 Å². The van der Waals surface area contributed by atoms with Gasteiger partial charge in [-0.25, -0.2) is 0 Å². The van der Waals surface area contributed by atoms with Crippen LogP contribution < -0.4 is 14.4 Å². The highest BCUT2D eigenvalue weighted by atomic mass is 16.5. The standard InChI is InChI=1S/C25H25NO3/c1-28-22-14-13-20(17-23(22)29-2)25(15-16-25)24(27)26(21-11-7-4-8-12-21)18-19-9-5-3-6-10-19/h3-14,17H,15-16,18H2,1-2H3. The third kappa shape index (κ3) is 3.70. The van der Waals surface area contributed by atoms with Crippen molar-refractivity contribution < 1.29 is 14.3 Å². The third-order valence-electron chi connectivity index (χ3n) is 5.59. The van der Waals surface area contributed by atoms with Crippen LogP contribution in [0.1, 0.15) is 24.0 Å². The van der Waals surface area contributed by atoms with Crippen molar-refractivity contribution in [3.63, 3.8) is 0 Å². The number of hydrogen-bond acceptors (Lipinski definition) is 3. The van der Waals surface area contributed by atoms with Gasteiger partial charge >= 0.3 is 0 Å². The van der Waals surface area contributed by atoms with Crippen LogP contribution in [-0.2, 0) is 16.8 Å². The van der Waals surface area contributed by atoms with E-state index in [0.29, 0.717) is 18.0 Å². The zero-order valence-corrected chi connectivity index (χ0v) is 16.8. The van der Waals surface area contributed by atoms with Gasteiger partial charge in [-0.2, -0.15) is 0 Å². The molecule has 0 spiro atoms. The Morgan fingerprint density at radius 2 is 1.48 bits per heavy atom. The molecule has 1 amide bonds. The molecule has 0 atom stereocenters. The van der Waals surface area contributed by atoms with Gasteiger partial charge in [-0.3, -0.25) is 4.79 Å². The zero-order valence-electron chi connectivity index (χ0n) is 16.8. The number of rotatable bonds is 7. The minimum atomic E-state index is -0.510. The molecule has 0 unspecified atom stereocenters. The van der Waals surface area contributed by atoms with Crippen molar-refractivity contribution in [2.24, 2.45) is 0 Å². The minimum absolute atomic E-state index is 0.125. The molecule has 4 heteroatoms. The van der Waals surface area contributed by atoms with Crippen LogP contribution >= 0.6 is 0 Å². The van der Waals surface area contributed by atoms with Crippen molar-refractivity contribution >= 4 is 11.6 Å². The smallest absolute Gasteiger partial charge is 0.237 e. The lowest BCUT2D eigenvalue weighted by molar-refractivity contribution is -0.121. The summed E-state index contributed by atoms with van der Waals surface area (Å²) in [6, 6.07) is 25.8. The number of hydrogen-bond donors (Lipinski definition) is 0. The number of methoxy groups -OCH3 is 2. The Morgan fingerprint density at radius 3 is 2.07 bits per heavy atom. The van der Waals surface area contributed by atoms with Gasteiger partial charge in [0, 0.05) is 5.69 Å². The van der Waals surface area contributed by atoms with Crippen molar-refractivity contribution in [3.8, 4) is 11.5 Å². The normalized spacial score (nSPS) is 14.1. The lowest BCUT2D eigenvalue weighted by Crippen LogP contribution is -2.39. The summed E-state index contributed by atoms with van der Waals surface area (Å²) in [5.41, 5.74) is 2.49. The molecule has 1 fully saturated rings. The van der Waals surface area contributed by atoms with Crippen LogP contribution in [0.25, 0.3) is 0 Å². The number of nitrogens with zero attached hydrogens (tertiary/aromatic N) is 1. The van der Waals surface area contributed by atoms with E-state index in [9.17, 15) is 4.79 Å². The summed E-state index contributed by atoms with van der Waals surface area (Å²) < 4.78 is 10.8. The van der Waals surface area contributed by atoms with E-state index in [-0.39, 0.29) is 5.91 Å². The molecule has 1 aliphatic carbocycles. The first-order valence-electron chi connectivity index (χ1n) is 9.81. The summed E-state index contributed by atoms with van der Waals surface area (Å²) in [6.07, 6.45) is 1.67. The van der Waals surface area contributed by atoms with Crippen LogP contribution in [0.4, 0.5) is 5.69 Å². The third-order valence-corrected chi connectivity index (χ3v) is 5.59. The van der Waals surface area contributed by atoms with Gasteiger partial charge in [-0.15, -0.1) is 0 Å². The summed E-state index contributed by atoms with van der Waals surface area (Å²) in [4.78, 5) is 15.7. The lowest BCUT2D eigenvalue weighted by atomic mass is 9.93. The molecule has 0 heterocycles. The molecule has 0 N–H and O–H groups in total. The molecule has 0 radical (unpaired) electrons. The van der Waals surface area contributed by atoms with E-state index < -0.39 is 5.41 Å². The Kier molecular flexibility index (Phi) is 5.26. The van der Waals surface area contributed by atoms with Crippen molar-refractivity contribution in [2.45, 2.75) is 24.8 Å². The van der Waals surface area contributed by atoms with E-state index in [1.165, 1.54) is 0 Å². The molecule has 0 saturated heterocycles. The monoisotopic (exact) mass is 387 g/mol. The van der Waals surface area contributed by atoms with Gasteiger partial charge in [-0.05, 0) is 48.2 Å². The van der Waals surface area contributed by atoms with Gasteiger partial charge in [0.05, 0.1) is 26.2 Å². The topological polar surface area (TPSA) is 38.8 Å². The number of anilines is 1. The Hall–Kier alpha value is -3.27. The minimum Gasteiger partial charge on any atom is -0.493 e. The van der Waals surface area contributed by atoms with E-state index in [4.69, 9.17) is 9.47 Å². The number of carbonyl (C=O) groups excluding carboxylic acids is 1. The first kappa shape index (κ1) is 19.1. The second-order valence-electron chi connectivity index (χ2n) is 7.36. The highest BCUT2D eigenvalue weighted by Gasteiger charge is 2.53. The molecule has 1 saturated carbocycles. The van der Waals surface area contributed by atoms with Crippen LogP contribution in [0.15, 0.2) is 78.9 Å². The van der Waals surface area contributed by atoms with Crippen molar-refractivity contribution in [3.05, 3.63) is 90.0 Å². The van der Waals surface area contributed by atoms with E-state index in [1.54, 1.807) is 14.2 Å². The van der Waals surface area contributed by atoms with E-state index in [1.807, 2.05) is 71.6 Å². The van der Waals surface area contributed by atoms with Gasteiger partial charge in [0.2, 0.25) is 5.91 Å². The maximum absolute atomic E-state index is 13.8. The SMILES string of the molecule is COc1ccc(C2(C(=O)N(Cc3ccccc3)c3ccccc3)CC2)cc1OC. The van der Waals surface area contributed by atoms with Gasteiger partial charge in [0.25, 0.3) is 0 Å². The molecule has 29 heavy (non-hydrogen) atoms. The van der Waals surface area contributed by atoms with Crippen LogP contribution in [0.3, 0.4) is 0 Å².